The van der Waals surface area contributed by atoms with Crippen molar-refractivity contribution in [1.29, 1.82) is 0 Å². The van der Waals surface area contributed by atoms with Crippen LogP contribution in [0.15, 0.2) is 44.8 Å². The van der Waals surface area contributed by atoms with Gasteiger partial charge in [0.15, 0.2) is 0 Å². The molecule has 9 nitrogen and oxygen atoms in total. The van der Waals surface area contributed by atoms with E-state index >= 15 is 0 Å². The molecule has 0 amide bonds. The second-order valence-corrected chi connectivity index (χ2v) is 13.3. The molecule has 2 aromatic heterocycles. The van der Waals surface area contributed by atoms with Crippen LogP contribution in [-0.2, 0) is 0 Å². The van der Waals surface area contributed by atoms with Crippen molar-refractivity contribution in [2.24, 2.45) is 23.2 Å². The molecule has 4 heterocycles. The molecule has 8 rings (SSSR count). The third kappa shape index (κ3) is 3.51. The molecule has 3 aromatic rings. The highest BCUT2D eigenvalue weighted by molar-refractivity contribution is 5.75. The van der Waals surface area contributed by atoms with E-state index in [0.717, 1.165) is 47.0 Å². The van der Waals surface area contributed by atoms with E-state index in [1.54, 1.807) is 0 Å². The molecule has 39 heavy (non-hydrogen) atoms. The fourth-order valence-electron chi connectivity index (χ4n) is 9.80. The van der Waals surface area contributed by atoms with Gasteiger partial charge in [-0.05, 0) is 93.1 Å². The Balaban J connectivity index is 1.17. The Bertz CT molecular complexity index is 1630. The van der Waals surface area contributed by atoms with E-state index in [-0.39, 0.29) is 17.4 Å². The van der Waals surface area contributed by atoms with Crippen molar-refractivity contribution in [2.45, 2.75) is 95.3 Å². The molecule has 4 bridgehead atoms. The number of aromatic nitrogens is 5. The SMILES string of the molecule is C[C@]12C[C@H]3C[C@@H](N4[C@@H]5CCC[C@H]4C[C@@H](n4c(=O)c(-n6ncc(=O)[nH]c6=O)nc6ccccc64)C5)C[C@@H]1C[C@@H]2C3. The van der Waals surface area contributed by atoms with Crippen LogP contribution in [0.1, 0.15) is 77.2 Å². The molecule has 9 heteroatoms. The first-order valence-electron chi connectivity index (χ1n) is 14.9. The zero-order valence-electron chi connectivity index (χ0n) is 22.5. The minimum Gasteiger partial charge on any atom is -0.300 e. The Kier molecular flexibility index (Phi) is 5.16. The van der Waals surface area contributed by atoms with Gasteiger partial charge in [0.1, 0.15) is 6.20 Å². The highest BCUT2D eigenvalue weighted by atomic mass is 16.2. The first kappa shape index (κ1) is 23.8. The summed E-state index contributed by atoms with van der Waals surface area (Å²) >= 11 is 0. The number of hydrogen-bond acceptors (Lipinski definition) is 6. The van der Waals surface area contributed by atoms with Crippen molar-refractivity contribution in [3.05, 3.63) is 61.7 Å². The standard InChI is InChI=1S/C30H36N6O3/c1-30-15-17-9-18(30)11-19(30)12-22(10-17)34-20-5-4-6-21(34)14-23(13-20)35-25-8-3-2-7-24(25)32-27(28(35)38)36-29(39)33-26(37)16-31-36/h2-3,7-8,16-23H,4-6,9-15H2,1H3,(H,33,37,39)/t17-,18+,19+,20-,21+,22-,23+,30-/m1/s1. The molecule has 3 saturated carbocycles. The monoisotopic (exact) mass is 528 g/mol. The van der Waals surface area contributed by atoms with Crippen molar-refractivity contribution in [2.75, 3.05) is 0 Å². The minimum atomic E-state index is -0.754. The molecule has 0 spiro atoms. The van der Waals surface area contributed by atoms with Gasteiger partial charge in [-0.3, -0.25) is 19.5 Å². The van der Waals surface area contributed by atoms with Crippen LogP contribution in [0.4, 0.5) is 0 Å². The normalized spacial score (nSPS) is 37.4. The molecule has 1 aromatic carbocycles. The van der Waals surface area contributed by atoms with E-state index < -0.39 is 11.2 Å². The Morgan fingerprint density at radius 1 is 0.897 bits per heavy atom. The van der Waals surface area contributed by atoms with Gasteiger partial charge in [-0.2, -0.15) is 9.78 Å². The second-order valence-electron chi connectivity index (χ2n) is 13.3. The van der Waals surface area contributed by atoms with Crippen molar-refractivity contribution >= 4 is 11.0 Å². The summed E-state index contributed by atoms with van der Waals surface area (Å²) in [6.07, 6.45) is 13.5. The summed E-state index contributed by atoms with van der Waals surface area (Å²) < 4.78 is 2.81. The van der Waals surface area contributed by atoms with Crippen LogP contribution in [0.5, 0.6) is 0 Å². The molecule has 204 valence electrons. The van der Waals surface area contributed by atoms with Gasteiger partial charge < -0.3 is 4.57 Å². The third-order valence-electron chi connectivity index (χ3n) is 11.4. The molecular formula is C30H36N6O3. The summed E-state index contributed by atoms with van der Waals surface area (Å²) in [5, 5.41) is 3.95. The molecule has 5 fully saturated rings. The number of rotatable bonds is 3. The summed E-state index contributed by atoms with van der Waals surface area (Å²) in [4.78, 5) is 47.9. The lowest BCUT2D eigenvalue weighted by Gasteiger charge is -2.56. The highest BCUT2D eigenvalue weighted by Gasteiger charge is 2.60. The Morgan fingerprint density at radius 3 is 2.46 bits per heavy atom. The summed E-state index contributed by atoms with van der Waals surface area (Å²) in [7, 11) is 0. The van der Waals surface area contributed by atoms with Gasteiger partial charge in [0.2, 0.25) is 5.82 Å². The number of H-pyrrole nitrogens is 1. The second kappa shape index (κ2) is 8.46. The van der Waals surface area contributed by atoms with Gasteiger partial charge in [0.05, 0.1) is 11.0 Å². The Morgan fingerprint density at radius 2 is 1.67 bits per heavy atom. The molecule has 0 radical (unpaired) electrons. The smallest absolute Gasteiger partial charge is 0.300 e. The Hall–Kier alpha value is -3.07. The van der Waals surface area contributed by atoms with Gasteiger partial charge >= 0.3 is 5.69 Å². The lowest BCUT2D eigenvalue weighted by Crippen LogP contribution is -2.58. The Labute approximate surface area is 226 Å². The van der Waals surface area contributed by atoms with Crippen molar-refractivity contribution < 1.29 is 0 Å². The summed E-state index contributed by atoms with van der Waals surface area (Å²) in [6, 6.07) is 9.30. The fourth-order valence-corrected chi connectivity index (χ4v) is 9.80. The van der Waals surface area contributed by atoms with Crippen LogP contribution < -0.4 is 16.8 Å². The molecule has 5 aliphatic rings. The first-order chi connectivity index (χ1) is 18.9. The molecule has 1 N–H and O–H groups in total. The maximum absolute atomic E-state index is 14.0. The number of para-hydroxylation sites is 2. The predicted octanol–water partition coefficient (Wildman–Crippen LogP) is 3.40. The molecule has 0 unspecified atom stereocenters. The summed E-state index contributed by atoms with van der Waals surface area (Å²) in [6.45, 7) is 2.57. The van der Waals surface area contributed by atoms with Crippen LogP contribution >= 0.6 is 0 Å². The molecule has 2 saturated heterocycles. The third-order valence-corrected chi connectivity index (χ3v) is 11.4. The van der Waals surface area contributed by atoms with E-state index in [9.17, 15) is 14.4 Å². The van der Waals surface area contributed by atoms with E-state index in [1.807, 2.05) is 28.8 Å². The van der Waals surface area contributed by atoms with Crippen molar-refractivity contribution in [3.63, 3.8) is 0 Å². The van der Waals surface area contributed by atoms with Gasteiger partial charge in [0.25, 0.3) is 11.1 Å². The number of nitrogens with one attached hydrogen (secondary N) is 1. The maximum Gasteiger partial charge on any atom is 0.351 e. The number of hydrogen-bond donors (Lipinski definition) is 1. The van der Waals surface area contributed by atoms with E-state index in [0.29, 0.717) is 29.1 Å². The van der Waals surface area contributed by atoms with Crippen LogP contribution in [0, 0.1) is 23.2 Å². The lowest BCUT2D eigenvalue weighted by molar-refractivity contribution is -0.0661. The maximum atomic E-state index is 14.0. The quantitative estimate of drug-likeness (QED) is 0.559. The van der Waals surface area contributed by atoms with Crippen molar-refractivity contribution in [1.82, 2.24) is 29.2 Å². The molecule has 8 atom stereocenters. The summed E-state index contributed by atoms with van der Waals surface area (Å²) in [5.41, 5.74) is 0.353. The zero-order chi connectivity index (χ0) is 26.5. The van der Waals surface area contributed by atoms with Gasteiger partial charge in [-0.15, -0.1) is 0 Å². The number of nitrogens with zero attached hydrogens (tertiary/aromatic N) is 5. The zero-order valence-corrected chi connectivity index (χ0v) is 22.5. The fraction of sp³-hybridized carbons (Fsp3) is 0.633. The van der Waals surface area contributed by atoms with E-state index in [1.165, 1.54) is 51.4 Å². The first-order valence-corrected chi connectivity index (χ1v) is 14.9. The number of benzene rings is 1. The van der Waals surface area contributed by atoms with Crippen LogP contribution in [0.25, 0.3) is 16.9 Å². The number of piperidine rings is 2. The topological polar surface area (TPSA) is 106 Å². The van der Waals surface area contributed by atoms with E-state index in [4.69, 9.17) is 0 Å². The number of fused-ring (bicyclic) bond motifs is 4. The largest absolute Gasteiger partial charge is 0.351 e. The van der Waals surface area contributed by atoms with Gasteiger partial charge in [0, 0.05) is 24.2 Å². The van der Waals surface area contributed by atoms with Gasteiger partial charge in [-0.1, -0.05) is 25.5 Å². The highest BCUT2D eigenvalue weighted by Crippen LogP contribution is 2.67. The lowest BCUT2D eigenvalue weighted by atomic mass is 9.54. The number of aromatic amines is 1. The van der Waals surface area contributed by atoms with Crippen LogP contribution in [-0.4, -0.2) is 47.3 Å². The molecule has 2 aliphatic heterocycles. The van der Waals surface area contributed by atoms with Gasteiger partial charge in [-0.25, -0.2) is 9.78 Å². The molecule has 3 aliphatic carbocycles. The van der Waals surface area contributed by atoms with Crippen molar-refractivity contribution in [3.8, 4) is 5.82 Å². The average Bonchev–Trinajstić information content (AvgIpc) is 3.07. The molecular weight excluding hydrogens is 492 g/mol. The summed E-state index contributed by atoms with van der Waals surface area (Å²) in [5.74, 6) is 2.68. The predicted molar refractivity (Wildman–Crippen MR) is 147 cm³/mol. The van der Waals surface area contributed by atoms with E-state index in [2.05, 4.69) is 26.9 Å². The van der Waals surface area contributed by atoms with Crippen LogP contribution in [0.3, 0.4) is 0 Å². The minimum absolute atomic E-state index is 0.0296. The van der Waals surface area contributed by atoms with Crippen LogP contribution in [0.2, 0.25) is 0 Å². The average molecular weight is 529 g/mol.